The minimum atomic E-state index is -1.01. The van der Waals surface area contributed by atoms with Crippen LogP contribution in [0.2, 0.25) is 0 Å². The average molecular weight is 429 g/mol. The second-order valence-corrected chi connectivity index (χ2v) is 9.57. The number of carbonyl (C=O) groups is 1. The molecule has 1 aromatic carbocycles. The molecule has 1 saturated carbocycles. The van der Waals surface area contributed by atoms with Crippen LogP contribution in [0.4, 0.5) is 9.18 Å². The Morgan fingerprint density at radius 2 is 2.16 bits per heavy atom. The average Bonchev–Trinajstić information content (AvgIpc) is 2.88. The van der Waals surface area contributed by atoms with Gasteiger partial charge in [-0.3, -0.25) is 9.89 Å². The van der Waals surface area contributed by atoms with Crippen molar-refractivity contribution in [2.24, 2.45) is 10.9 Å². The van der Waals surface area contributed by atoms with Gasteiger partial charge in [-0.15, -0.1) is 0 Å². The molecule has 0 aromatic heterocycles. The van der Waals surface area contributed by atoms with Crippen LogP contribution >= 0.6 is 27.7 Å². The first-order valence-electron chi connectivity index (χ1n) is 8.36. The number of hydrogen-bond donors (Lipinski definition) is 1. The Morgan fingerprint density at radius 1 is 1.44 bits per heavy atom. The van der Waals surface area contributed by atoms with Gasteiger partial charge >= 0.3 is 6.09 Å². The highest BCUT2D eigenvalue weighted by atomic mass is 79.9. The number of carboxylic acid groups (broad SMARTS) is 1. The molecule has 1 amide bonds. The molecule has 7 heteroatoms. The van der Waals surface area contributed by atoms with Gasteiger partial charge in [0, 0.05) is 15.8 Å². The van der Waals surface area contributed by atoms with E-state index in [-0.39, 0.29) is 5.82 Å². The fourth-order valence-corrected chi connectivity index (χ4v) is 5.79. The van der Waals surface area contributed by atoms with Gasteiger partial charge in [0.05, 0.1) is 5.54 Å². The molecule has 1 fully saturated rings. The Hall–Kier alpha value is -1.08. The van der Waals surface area contributed by atoms with E-state index in [2.05, 4.69) is 15.9 Å². The first kappa shape index (κ1) is 18.7. The van der Waals surface area contributed by atoms with Gasteiger partial charge in [0.1, 0.15) is 5.82 Å². The molecule has 1 aliphatic carbocycles. The molecule has 1 aromatic rings. The summed E-state index contributed by atoms with van der Waals surface area (Å²) in [6.07, 6.45) is 1.85. The summed E-state index contributed by atoms with van der Waals surface area (Å²) in [4.78, 5) is 18.1. The van der Waals surface area contributed by atoms with Gasteiger partial charge in [-0.05, 0) is 63.3 Å². The quantitative estimate of drug-likeness (QED) is 0.645. The third kappa shape index (κ3) is 3.45. The fraction of sp³-hybridized carbons (Fsp3) is 0.556. The summed E-state index contributed by atoms with van der Waals surface area (Å²) in [5.41, 5.74) is -0.296. The van der Waals surface area contributed by atoms with Crippen LogP contribution in [-0.4, -0.2) is 32.6 Å². The van der Waals surface area contributed by atoms with E-state index in [1.807, 2.05) is 26.8 Å². The third-order valence-corrected chi connectivity index (χ3v) is 6.47. The SMILES string of the molecule is CC(C)(C)N(C(=O)O)C1=NC2(c3cc(F)cc(Br)c3)CCCC2CS1. The lowest BCUT2D eigenvalue weighted by Gasteiger charge is -2.41. The molecule has 0 spiro atoms. The molecule has 3 rings (SSSR count). The second kappa shape index (κ2) is 6.58. The summed E-state index contributed by atoms with van der Waals surface area (Å²) in [5.74, 6) is 0.795. The van der Waals surface area contributed by atoms with Crippen LogP contribution in [0, 0.1) is 11.7 Å². The van der Waals surface area contributed by atoms with Crippen LogP contribution in [-0.2, 0) is 5.54 Å². The van der Waals surface area contributed by atoms with Crippen LogP contribution in [0.3, 0.4) is 0 Å². The lowest BCUT2D eigenvalue weighted by atomic mass is 9.81. The van der Waals surface area contributed by atoms with Crippen LogP contribution in [0.1, 0.15) is 45.6 Å². The maximum absolute atomic E-state index is 14.0. The van der Waals surface area contributed by atoms with E-state index in [0.717, 1.165) is 30.6 Å². The summed E-state index contributed by atoms with van der Waals surface area (Å²) in [7, 11) is 0. The van der Waals surface area contributed by atoms with Crippen molar-refractivity contribution in [3.05, 3.63) is 34.1 Å². The molecule has 0 radical (unpaired) electrons. The Labute approximate surface area is 160 Å². The van der Waals surface area contributed by atoms with Crippen LogP contribution in [0.15, 0.2) is 27.7 Å². The van der Waals surface area contributed by atoms with E-state index in [0.29, 0.717) is 15.6 Å². The lowest BCUT2D eigenvalue weighted by molar-refractivity contribution is 0.141. The van der Waals surface area contributed by atoms with Gasteiger partial charge in [-0.25, -0.2) is 9.18 Å². The third-order valence-electron chi connectivity index (χ3n) is 4.91. The van der Waals surface area contributed by atoms with Crippen molar-refractivity contribution in [1.29, 1.82) is 0 Å². The number of aliphatic imine (C=N–C) groups is 1. The molecule has 0 bridgehead atoms. The van der Waals surface area contributed by atoms with Gasteiger partial charge in [0.25, 0.3) is 0 Å². The summed E-state index contributed by atoms with van der Waals surface area (Å²) in [6, 6.07) is 4.90. The van der Waals surface area contributed by atoms with E-state index < -0.39 is 17.2 Å². The predicted molar refractivity (Wildman–Crippen MR) is 103 cm³/mol. The molecule has 0 saturated heterocycles. The zero-order valence-corrected chi connectivity index (χ0v) is 17.0. The van der Waals surface area contributed by atoms with Crippen molar-refractivity contribution in [3.8, 4) is 0 Å². The monoisotopic (exact) mass is 428 g/mol. The van der Waals surface area contributed by atoms with Crippen molar-refractivity contribution in [2.75, 3.05) is 5.75 Å². The smallest absolute Gasteiger partial charge is 0.413 e. The van der Waals surface area contributed by atoms with Crippen molar-refractivity contribution in [2.45, 2.75) is 51.1 Å². The highest BCUT2D eigenvalue weighted by Crippen LogP contribution is 2.52. The van der Waals surface area contributed by atoms with E-state index in [4.69, 9.17) is 4.99 Å². The lowest BCUT2D eigenvalue weighted by Crippen LogP contribution is -2.50. The molecule has 1 aliphatic heterocycles. The van der Waals surface area contributed by atoms with Crippen molar-refractivity contribution < 1.29 is 14.3 Å². The topological polar surface area (TPSA) is 52.9 Å². The van der Waals surface area contributed by atoms with E-state index in [1.54, 1.807) is 6.07 Å². The summed E-state index contributed by atoms with van der Waals surface area (Å²) < 4.78 is 14.7. The number of benzene rings is 1. The molecule has 1 heterocycles. The standard InChI is InChI=1S/C18H22BrFN2O2S/c1-17(2,3)22(16(23)24)15-21-18(6-4-5-11(18)10-25-15)12-7-13(19)9-14(20)8-12/h7-9,11H,4-6,10H2,1-3H3,(H,23,24). The zero-order chi connectivity index (χ0) is 18.4. The summed E-state index contributed by atoms with van der Waals surface area (Å²) >= 11 is 4.87. The van der Waals surface area contributed by atoms with Gasteiger partial charge in [0.2, 0.25) is 0 Å². The molecule has 2 aliphatic rings. The molecule has 136 valence electrons. The summed E-state index contributed by atoms with van der Waals surface area (Å²) in [5, 5.41) is 10.2. The van der Waals surface area contributed by atoms with Gasteiger partial charge in [-0.2, -0.15) is 0 Å². The minimum absolute atomic E-state index is 0.297. The van der Waals surface area contributed by atoms with Gasteiger partial charge in [0.15, 0.2) is 5.17 Å². The van der Waals surface area contributed by atoms with Gasteiger partial charge in [-0.1, -0.05) is 34.1 Å². The Morgan fingerprint density at radius 3 is 2.76 bits per heavy atom. The molecule has 4 nitrogen and oxygen atoms in total. The van der Waals surface area contributed by atoms with Crippen LogP contribution < -0.4 is 0 Å². The van der Waals surface area contributed by atoms with Crippen molar-refractivity contribution in [3.63, 3.8) is 0 Å². The number of amidine groups is 1. The van der Waals surface area contributed by atoms with Crippen molar-refractivity contribution >= 4 is 39.0 Å². The zero-order valence-electron chi connectivity index (χ0n) is 14.6. The minimum Gasteiger partial charge on any atom is -0.465 e. The van der Waals surface area contributed by atoms with E-state index in [1.165, 1.54) is 22.7 Å². The molecular weight excluding hydrogens is 407 g/mol. The highest BCUT2D eigenvalue weighted by molar-refractivity contribution is 9.10. The molecule has 25 heavy (non-hydrogen) atoms. The first-order valence-corrected chi connectivity index (χ1v) is 10.1. The predicted octanol–water partition coefficient (Wildman–Crippen LogP) is 5.46. The maximum Gasteiger partial charge on any atom is 0.413 e. The number of fused-ring (bicyclic) bond motifs is 1. The maximum atomic E-state index is 14.0. The Bertz CT molecular complexity index is 714. The van der Waals surface area contributed by atoms with E-state index in [9.17, 15) is 14.3 Å². The number of amides is 1. The van der Waals surface area contributed by atoms with Crippen LogP contribution in [0.5, 0.6) is 0 Å². The summed E-state index contributed by atoms with van der Waals surface area (Å²) in [6.45, 7) is 5.57. The Kier molecular flexibility index (Phi) is 4.92. The fourth-order valence-electron chi connectivity index (χ4n) is 3.83. The molecule has 2 atom stereocenters. The molecule has 1 N–H and O–H groups in total. The highest BCUT2D eigenvalue weighted by Gasteiger charge is 2.49. The number of thioether (sulfide) groups is 1. The van der Waals surface area contributed by atoms with Crippen LogP contribution in [0.25, 0.3) is 0 Å². The number of halogens is 2. The number of nitrogens with zero attached hydrogens (tertiary/aromatic N) is 2. The first-order chi connectivity index (χ1) is 11.6. The molecule has 2 unspecified atom stereocenters. The van der Waals surface area contributed by atoms with Gasteiger partial charge < -0.3 is 5.11 Å². The second-order valence-electron chi connectivity index (χ2n) is 7.67. The largest absolute Gasteiger partial charge is 0.465 e. The number of rotatable bonds is 1. The van der Waals surface area contributed by atoms with E-state index >= 15 is 0 Å². The van der Waals surface area contributed by atoms with Crippen molar-refractivity contribution in [1.82, 2.24) is 4.90 Å². The Balaban J connectivity index is 2.13. The normalized spacial score (nSPS) is 26.1. The number of hydrogen-bond acceptors (Lipinski definition) is 3. The molecular formula is C18H22BrFN2O2S.